The average molecular weight is 432 g/mol. The molecule has 10 nitrogen and oxygen atoms in total. The van der Waals surface area contributed by atoms with Crippen LogP contribution in [-0.4, -0.2) is 56.1 Å². The lowest BCUT2D eigenvalue weighted by Crippen LogP contribution is -2.54. The lowest BCUT2D eigenvalue weighted by atomic mass is 10.0. The molecule has 3 aromatic rings. The summed E-state index contributed by atoms with van der Waals surface area (Å²) in [6.45, 7) is 0.670. The van der Waals surface area contributed by atoms with Gasteiger partial charge in [0.1, 0.15) is 23.8 Å². The van der Waals surface area contributed by atoms with Crippen molar-refractivity contribution in [2.24, 2.45) is 0 Å². The number of imide groups is 2. The molecule has 1 aromatic carbocycles. The predicted octanol–water partition coefficient (Wildman–Crippen LogP) is 1.40. The second-order valence-corrected chi connectivity index (χ2v) is 7.82. The summed E-state index contributed by atoms with van der Waals surface area (Å²) in [5.41, 5.74) is 2.28. The molecule has 4 heterocycles. The number of anilines is 1. The van der Waals surface area contributed by atoms with E-state index in [1.165, 1.54) is 6.33 Å². The smallest absolute Gasteiger partial charge is 0.262 e. The molecule has 10 heteroatoms. The van der Waals surface area contributed by atoms with Crippen LogP contribution in [0.3, 0.4) is 0 Å². The maximum atomic E-state index is 12.9. The number of aromatic nitrogens is 3. The van der Waals surface area contributed by atoms with Gasteiger partial charge in [0, 0.05) is 19.2 Å². The van der Waals surface area contributed by atoms with Crippen LogP contribution in [0.15, 0.2) is 36.8 Å². The van der Waals surface area contributed by atoms with Gasteiger partial charge < -0.3 is 10.3 Å². The van der Waals surface area contributed by atoms with E-state index in [0.717, 1.165) is 33.7 Å². The van der Waals surface area contributed by atoms with Gasteiger partial charge in [-0.05, 0) is 43.0 Å². The van der Waals surface area contributed by atoms with Crippen LogP contribution >= 0.6 is 0 Å². The number of carbonyl (C=O) groups excluding carboxylic acids is 4. The molecule has 0 saturated carbocycles. The number of fused-ring (bicyclic) bond motifs is 2. The summed E-state index contributed by atoms with van der Waals surface area (Å²) in [5.74, 6) is -1.23. The average Bonchev–Trinajstić information content (AvgIpc) is 3.36. The van der Waals surface area contributed by atoms with Gasteiger partial charge in [-0.25, -0.2) is 9.97 Å². The van der Waals surface area contributed by atoms with Crippen LogP contribution in [0.1, 0.15) is 45.5 Å². The van der Waals surface area contributed by atoms with Gasteiger partial charge in [0.2, 0.25) is 11.8 Å². The number of benzene rings is 1. The maximum absolute atomic E-state index is 12.9. The van der Waals surface area contributed by atoms with Gasteiger partial charge in [0.25, 0.3) is 11.8 Å². The molecule has 0 aliphatic carbocycles. The first kappa shape index (κ1) is 19.9. The van der Waals surface area contributed by atoms with Crippen LogP contribution in [0.4, 0.5) is 5.82 Å². The maximum Gasteiger partial charge on any atom is 0.262 e. The van der Waals surface area contributed by atoms with E-state index in [-0.39, 0.29) is 18.4 Å². The first-order chi connectivity index (χ1) is 15.5. The van der Waals surface area contributed by atoms with Gasteiger partial charge in [-0.3, -0.25) is 29.4 Å². The number of carbonyl (C=O) groups is 4. The molecule has 1 atom stereocenters. The Morgan fingerprint density at radius 3 is 2.75 bits per heavy atom. The Balaban J connectivity index is 1.24. The van der Waals surface area contributed by atoms with Crippen molar-refractivity contribution < 1.29 is 19.2 Å². The summed E-state index contributed by atoms with van der Waals surface area (Å²) >= 11 is 0. The van der Waals surface area contributed by atoms with E-state index >= 15 is 0 Å². The van der Waals surface area contributed by atoms with Gasteiger partial charge in [-0.15, -0.1) is 0 Å². The van der Waals surface area contributed by atoms with Crippen LogP contribution in [0.2, 0.25) is 0 Å². The molecule has 2 aliphatic heterocycles. The third kappa shape index (κ3) is 3.39. The third-order valence-electron chi connectivity index (χ3n) is 5.79. The molecular weight excluding hydrogens is 412 g/mol. The van der Waals surface area contributed by atoms with Crippen molar-refractivity contribution in [2.75, 3.05) is 11.9 Å². The minimum Gasteiger partial charge on any atom is -0.369 e. The second-order valence-electron chi connectivity index (χ2n) is 7.82. The predicted molar refractivity (Wildman–Crippen MR) is 114 cm³/mol. The van der Waals surface area contributed by atoms with Gasteiger partial charge in [0.15, 0.2) is 0 Å². The summed E-state index contributed by atoms with van der Waals surface area (Å²) in [4.78, 5) is 61.7. The summed E-state index contributed by atoms with van der Waals surface area (Å²) in [6.07, 6.45) is 5.04. The number of amides is 4. The normalized spacial score (nSPS) is 18.2. The van der Waals surface area contributed by atoms with Crippen LogP contribution in [0, 0.1) is 0 Å². The molecule has 0 spiro atoms. The van der Waals surface area contributed by atoms with Crippen molar-refractivity contribution in [3.8, 4) is 0 Å². The number of aromatic amines is 1. The largest absolute Gasteiger partial charge is 0.369 e. The standard InChI is InChI=1S/C22H20N6O4/c29-17-6-5-16(20(30)27-17)28-21(31)13-4-3-12(10-15(13)22(28)32)2-1-8-23-18-14-7-9-24-19(14)26-11-25-18/h3-4,7,9-11,16H,1-2,5-6,8H2,(H,27,29,30)(H2,23,24,25,26). The number of piperidine rings is 1. The molecule has 4 amide bonds. The molecule has 0 bridgehead atoms. The van der Waals surface area contributed by atoms with Crippen LogP contribution in [0.5, 0.6) is 0 Å². The van der Waals surface area contributed by atoms with Crippen molar-refractivity contribution >= 4 is 40.5 Å². The second kappa shape index (κ2) is 7.88. The van der Waals surface area contributed by atoms with Crippen molar-refractivity contribution in [2.45, 2.75) is 31.7 Å². The third-order valence-corrected chi connectivity index (χ3v) is 5.79. The van der Waals surface area contributed by atoms with E-state index in [1.807, 2.05) is 18.3 Å². The first-order valence-corrected chi connectivity index (χ1v) is 10.4. The summed E-state index contributed by atoms with van der Waals surface area (Å²) in [6, 6.07) is 6.14. The zero-order chi connectivity index (χ0) is 22.2. The molecular formula is C22H20N6O4. The molecule has 0 radical (unpaired) electrons. The number of H-pyrrole nitrogens is 1. The van der Waals surface area contributed by atoms with Gasteiger partial charge in [0.05, 0.1) is 16.5 Å². The highest BCUT2D eigenvalue weighted by Gasteiger charge is 2.44. The highest BCUT2D eigenvalue weighted by atomic mass is 16.2. The summed E-state index contributed by atoms with van der Waals surface area (Å²) in [5, 5.41) is 6.42. The monoisotopic (exact) mass is 432 g/mol. The summed E-state index contributed by atoms with van der Waals surface area (Å²) < 4.78 is 0. The minimum absolute atomic E-state index is 0.101. The highest BCUT2D eigenvalue weighted by Crippen LogP contribution is 2.28. The number of nitrogens with one attached hydrogen (secondary N) is 3. The molecule has 3 N–H and O–H groups in total. The Kier molecular flexibility index (Phi) is 4.89. The van der Waals surface area contributed by atoms with Crippen LogP contribution in [-0.2, 0) is 16.0 Å². The molecule has 1 saturated heterocycles. The van der Waals surface area contributed by atoms with E-state index in [9.17, 15) is 19.2 Å². The van der Waals surface area contributed by atoms with Gasteiger partial charge in [-0.1, -0.05) is 6.07 Å². The van der Waals surface area contributed by atoms with E-state index in [4.69, 9.17) is 0 Å². The van der Waals surface area contributed by atoms with Gasteiger partial charge in [-0.2, -0.15) is 0 Å². The van der Waals surface area contributed by atoms with Gasteiger partial charge >= 0.3 is 0 Å². The molecule has 5 rings (SSSR count). The molecule has 2 aromatic heterocycles. The number of rotatable bonds is 6. The highest BCUT2D eigenvalue weighted by molar-refractivity contribution is 6.23. The Labute approximate surface area is 182 Å². The molecule has 1 unspecified atom stereocenters. The van der Waals surface area contributed by atoms with E-state index in [2.05, 4.69) is 25.6 Å². The van der Waals surface area contributed by atoms with E-state index < -0.39 is 29.7 Å². The number of aryl methyl sites for hydroxylation is 1. The lowest BCUT2D eigenvalue weighted by molar-refractivity contribution is -0.136. The zero-order valence-electron chi connectivity index (χ0n) is 17.1. The Hall–Kier alpha value is -4.08. The first-order valence-electron chi connectivity index (χ1n) is 10.4. The van der Waals surface area contributed by atoms with Crippen LogP contribution < -0.4 is 10.6 Å². The fourth-order valence-electron chi connectivity index (χ4n) is 4.19. The fraction of sp³-hybridized carbons (Fsp3) is 0.273. The lowest BCUT2D eigenvalue weighted by Gasteiger charge is -2.27. The van der Waals surface area contributed by atoms with Crippen molar-refractivity contribution in [3.05, 3.63) is 53.5 Å². The SMILES string of the molecule is O=C1CCC(N2C(=O)c3ccc(CCCNc4ncnc5[nH]ccc45)cc3C2=O)C(=O)N1. The fourth-order valence-corrected chi connectivity index (χ4v) is 4.19. The van der Waals surface area contributed by atoms with E-state index in [1.54, 1.807) is 12.1 Å². The number of hydrogen-bond donors (Lipinski definition) is 3. The Morgan fingerprint density at radius 1 is 1.06 bits per heavy atom. The molecule has 32 heavy (non-hydrogen) atoms. The number of nitrogens with zero attached hydrogens (tertiary/aromatic N) is 3. The molecule has 2 aliphatic rings. The number of hydrogen-bond acceptors (Lipinski definition) is 7. The molecule has 162 valence electrons. The van der Waals surface area contributed by atoms with Crippen molar-refractivity contribution in [3.63, 3.8) is 0 Å². The Morgan fingerprint density at radius 2 is 1.91 bits per heavy atom. The minimum atomic E-state index is -0.953. The van der Waals surface area contributed by atoms with E-state index in [0.29, 0.717) is 18.5 Å². The topological polar surface area (TPSA) is 137 Å². The summed E-state index contributed by atoms with van der Waals surface area (Å²) in [7, 11) is 0. The van der Waals surface area contributed by atoms with Crippen molar-refractivity contribution in [1.29, 1.82) is 0 Å². The quantitative estimate of drug-likeness (QED) is 0.395. The van der Waals surface area contributed by atoms with Crippen LogP contribution in [0.25, 0.3) is 11.0 Å². The zero-order valence-corrected chi connectivity index (χ0v) is 17.1. The van der Waals surface area contributed by atoms with Crippen molar-refractivity contribution in [1.82, 2.24) is 25.2 Å². The molecule has 1 fully saturated rings. The Bertz CT molecular complexity index is 1270.